The maximum atomic E-state index is 5.45. The number of hydrogen-bond acceptors (Lipinski definition) is 8. The number of rotatable bonds is 8. The molecule has 4 heterocycles. The van der Waals surface area contributed by atoms with Gasteiger partial charge in [0.2, 0.25) is 5.95 Å². The molecule has 0 saturated heterocycles. The third-order valence-corrected chi connectivity index (χ3v) is 7.55. The second-order valence-electron chi connectivity index (χ2n) is 9.03. The van der Waals surface area contributed by atoms with Crippen LogP contribution in [0.5, 0.6) is 11.5 Å². The standard InChI is InChI=1S/C28H28N6O2S/c1-35-23-10-9-19(14-24(23)36-2)15-29-28-30-16-22(18-33-12-11-20-6-3-4-7-21(20)17-33)27-31-26(32-34(27)28)25-8-5-13-37-25/h3-10,13-14,16H,11-12,15,17-18H2,1-2H3,(H,29,30). The van der Waals surface area contributed by atoms with Gasteiger partial charge in [-0.2, -0.15) is 4.52 Å². The summed E-state index contributed by atoms with van der Waals surface area (Å²) in [7, 11) is 3.28. The number of methoxy groups -OCH3 is 2. The largest absolute Gasteiger partial charge is 0.493 e. The van der Waals surface area contributed by atoms with E-state index in [-0.39, 0.29) is 0 Å². The van der Waals surface area contributed by atoms with E-state index in [0.717, 1.165) is 47.7 Å². The molecule has 0 radical (unpaired) electrons. The van der Waals surface area contributed by atoms with Gasteiger partial charge in [0.25, 0.3) is 0 Å². The first-order chi connectivity index (χ1) is 18.2. The summed E-state index contributed by atoms with van der Waals surface area (Å²) in [5.74, 6) is 2.75. The minimum atomic E-state index is 0.554. The molecule has 0 aliphatic carbocycles. The zero-order valence-electron chi connectivity index (χ0n) is 20.8. The molecule has 9 heteroatoms. The van der Waals surface area contributed by atoms with E-state index in [1.807, 2.05) is 46.4 Å². The van der Waals surface area contributed by atoms with Gasteiger partial charge in [0.1, 0.15) is 0 Å². The lowest BCUT2D eigenvalue weighted by molar-refractivity contribution is 0.246. The fourth-order valence-corrected chi connectivity index (χ4v) is 5.42. The van der Waals surface area contributed by atoms with E-state index in [9.17, 15) is 0 Å². The smallest absolute Gasteiger partial charge is 0.226 e. The SMILES string of the molecule is COc1ccc(CNc2ncc(CN3CCc4ccccc4C3)c3nc(-c4cccs4)nn23)cc1OC. The predicted molar refractivity (Wildman–Crippen MR) is 145 cm³/mol. The number of aromatic nitrogens is 4. The van der Waals surface area contributed by atoms with Crippen molar-refractivity contribution in [3.63, 3.8) is 0 Å². The fourth-order valence-electron chi connectivity index (χ4n) is 4.76. The monoisotopic (exact) mass is 512 g/mol. The number of nitrogens with one attached hydrogen (secondary N) is 1. The van der Waals surface area contributed by atoms with E-state index in [1.54, 1.807) is 25.6 Å². The molecular weight excluding hydrogens is 484 g/mol. The third-order valence-electron chi connectivity index (χ3n) is 6.68. The molecular formula is C28H28N6O2S. The molecule has 6 rings (SSSR count). The van der Waals surface area contributed by atoms with Gasteiger partial charge in [-0.05, 0) is 46.7 Å². The molecule has 0 atom stereocenters. The van der Waals surface area contributed by atoms with E-state index in [1.165, 1.54) is 11.1 Å². The van der Waals surface area contributed by atoms with E-state index < -0.39 is 0 Å². The molecule has 2 aromatic carbocycles. The van der Waals surface area contributed by atoms with Crippen LogP contribution in [-0.4, -0.2) is 45.2 Å². The zero-order chi connectivity index (χ0) is 25.2. The minimum Gasteiger partial charge on any atom is -0.493 e. The quantitative estimate of drug-likeness (QED) is 0.312. The number of hydrogen-bond donors (Lipinski definition) is 1. The molecule has 1 aliphatic rings. The lowest BCUT2D eigenvalue weighted by Crippen LogP contribution is -2.30. The number of ether oxygens (including phenoxy) is 2. The minimum absolute atomic E-state index is 0.554. The molecule has 1 aliphatic heterocycles. The Morgan fingerprint density at radius 1 is 1.00 bits per heavy atom. The predicted octanol–water partition coefficient (Wildman–Crippen LogP) is 5.04. The number of nitrogens with zero attached hydrogens (tertiary/aromatic N) is 5. The first-order valence-corrected chi connectivity index (χ1v) is 13.1. The highest BCUT2D eigenvalue weighted by atomic mass is 32.1. The van der Waals surface area contributed by atoms with Crippen LogP contribution >= 0.6 is 11.3 Å². The Hall–Kier alpha value is -3.95. The van der Waals surface area contributed by atoms with Crippen LogP contribution in [0.25, 0.3) is 16.3 Å². The fraction of sp³-hybridized carbons (Fsp3) is 0.250. The van der Waals surface area contributed by atoms with E-state index in [4.69, 9.17) is 24.5 Å². The number of fused-ring (bicyclic) bond motifs is 2. The Morgan fingerprint density at radius 2 is 1.86 bits per heavy atom. The summed E-state index contributed by atoms with van der Waals surface area (Å²) < 4.78 is 12.7. The summed E-state index contributed by atoms with van der Waals surface area (Å²) >= 11 is 1.63. The van der Waals surface area contributed by atoms with Gasteiger partial charge in [0.15, 0.2) is 23.0 Å². The highest BCUT2D eigenvalue weighted by molar-refractivity contribution is 7.13. The summed E-state index contributed by atoms with van der Waals surface area (Å²) in [5, 5.41) is 10.3. The van der Waals surface area contributed by atoms with Crippen molar-refractivity contribution < 1.29 is 9.47 Å². The van der Waals surface area contributed by atoms with Gasteiger partial charge >= 0.3 is 0 Å². The van der Waals surface area contributed by atoms with Crippen molar-refractivity contribution in [3.8, 4) is 22.2 Å². The molecule has 0 saturated carbocycles. The Bertz CT molecular complexity index is 1530. The molecule has 0 bridgehead atoms. The second-order valence-corrected chi connectivity index (χ2v) is 9.98. The van der Waals surface area contributed by atoms with Gasteiger partial charge in [-0.1, -0.05) is 36.4 Å². The normalized spacial score (nSPS) is 13.5. The molecule has 1 N–H and O–H groups in total. The van der Waals surface area contributed by atoms with Crippen molar-refractivity contribution in [3.05, 3.63) is 88.4 Å². The van der Waals surface area contributed by atoms with Crippen LogP contribution in [0.2, 0.25) is 0 Å². The maximum Gasteiger partial charge on any atom is 0.226 e. The molecule has 188 valence electrons. The van der Waals surface area contributed by atoms with Gasteiger partial charge < -0.3 is 14.8 Å². The highest BCUT2D eigenvalue weighted by Gasteiger charge is 2.20. The summed E-state index contributed by atoms with van der Waals surface area (Å²) in [6, 6.07) is 18.6. The lowest BCUT2D eigenvalue weighted by Gasteiger charge is -2.28. The van der Waals surface area contributed by atoms with Crippen LogP contribution in [0, 0.1) is 0 Å². The number of anilines is 1. The summed E-state index contributed by atoms with van der Waals surface area (Å²) in [6.07, 6.45) is 2.98. The Balaban J connectivity index is 1.30. The summed E-state index contributed by atoms with van der Waals surface area (Å²) in [5.41, 5.74) is 5.77. The zero-order valence-corrected chi connectivity index (χ0v) is 21.7. The van der Waals surface area contributed by atoms with Crippen molar-refractivity contribution >= 4 is 22.9 Å². The average Bonchev–Trinajstić information content (AvgIpc) is 3.63. The Labute approximate surface area is 219 Å². The van der Waals surface area contributed by atoms with Gasteiger partial charge in [0, 0.05) is 37.9 Å². The van der Waals surface area contributed by atoms with Crippen molar-refractivity contribution in [2.24, 2.45) is 0 Å². The topological polar surface area (TPSA) is 76.8 Å². The molecule has 37 heavy (non-hydrogen) atoms. The van der Waals surface area contributed by atoms with Crippen molar-refractivity contribution in [1.82, 2.24) is 24.5 Å². The molecule has 0 spiro atoms. The van der Waals surface area contributed by atoms with Crippen LogP contribution in [-0.2, 0) is 26.1 Å². The van der Waals surface area contributed by atoms with Crippen LogP contribution in [0.15, 0.2) is 66.2 Å². The van der Waals surface area contributed by atoms with Crippen molar-refractivity contribution in [2.45, 2.75) is 26.1 Å². The average molecular weight is 513 g/mol. The molecule has 0 amide bonds. The highest BCUT2D eigenvalue weighted by Crippen LogP contribution is 2.29. The van der Waals surface area contributed by atoms with Crippen molar-refractivity contribution in [1.29, 1.82) is 0 Å². The Morgan fingerprint density at radius 3 is 2.68 bits per heavy atom. The van der Waals surface area contributed by atoms with Gasteiger partial charge in [0.05, 0.1) is 19.1 Å². The van der Waals surface area contributed by atoms with Crippen LogP contribution in [0.3, 0.4) is 0 Å². The summed E-state index contributed by atoms with van der Waals surface area (Å²) in [6.45, 7) is 3.25. The van der Waals surface area contributed by atoms with Crippen LogP contribution < -0.4 is 14.8 Å². The van der Waals surface area contributed by atoms with E-state index in [0.29, 0.717) is 29.8 Å². The van der Waals surface area contributed by atoms with Gasteiger partial charge in [-0.3, -0.25) is 4.90 Å². The second kappa shape index (κ2) is 10.2. The third kappa shape index (κ3) is 4.75. The first kappa shape index (κ1) is 23.4. The Kier molecular flexibility index (Phi) is 6.46. The van der Waals surface area contributed by atoms with Gasteiger partial charge in [-0.25, -0.2) is 9.97 Å². The molecule has 0 unspecified atom stereocenters. The summed E-state index contributed by atoms with van der Waals surface area (Å²) in [4.78, 5) is 13.2. The molecule has 0 fully saturated rings. The number of benzene rings is 2. The lowest BCUT2D eigenvalue weighted by atomic mass is 10.00. The maximum absolute atomic E-state index is 5.45. The van der Waals surface area contributed by atoms with E-state index >= 15 is 0 Å². The van der Waals surface area contributed by atoms with Crippen molar-refractivity contribution in [2.75, 3.05) is 26.1 Å². The first-order valence-electron chi connectivity index (χ1n) is 12.2. The molecule has 5 aromatic rings. The van der Waals surface area contributed by atoms with Crippen LogP contribution in [0.1, 0.15) is 22.3 Å². The number of thiophene rings is 1. The van der Waals surface area contributed by atoms with Crippen LogP contribution in [0.4, 0.5) is 5.95 Å². The molecule has 3 aromatic heterocycles. The van der Waals surface area contributed by atoms with Gasteiger partial charge in [-0.15, -0.1) is 16.4 Å². The molecule has 8 nitrogen and oxygen atoms in total. The van der Waals surface area contributed by atoms with E-state index in [2.05, 4.69) is 34.5 Å².